The molecule has 0 radical (unpaired) electrons. The molecule has 6 nitrogen and oxygen atoms in total. The average Bonchev–Trinajstić information content (AvgIpc) is 3.50. The third kappa shape index (κ3) is 68.7. The van der Waals surface area contributed by atoms with Crippen LogP contribution < -0.4 is 0 Å². The van der Waals surface area contributed by atoms with E-state index in [1.807, 2.05) is 6.08 Å². The van der Waals surface area contributed by atoms with Crippen LogP contribution in [0.1, 0.15) is 342 Å². The molecule has 1 unspecified atom stereocenters. The van der Waals surface area contributed by atoms with E-state index in [9.17, 15) is 14.4 Å². The van der Waals surface area contributed by atoms with E-state index in [4.69, 9.17) is 14.2 Å². The van der Waals surface area contributed by atoms with E-state index in [-0.39, 0.29) is 37.5 Å². The lowest BCUT2D eigenvalue weighted by Crippen LogP contribution is -2.30. The molecule has 0 N–H and O–H groups in total. The van der Waals surface area contributed by atoms with Gasteiger partial charge in [-0.05, 0) is 96.3 Å². The molecule has 0 spiro atoms. The van der Waals surface area contributed by atoms with Crippen LogP contribution in [0.4, 0.5) is 0 Å². The first-order chi connectivity index (χ1) is 41.0. The Labute approximate surface area is 514 Å². The standard InChI is InChI=1S/C77H132O6/c1-4-7-10-13-16-19-22-25-28-31-33-34-35-36-37-38-39-40-41-42-44-46-49-52-55-58-61-64-67-70-76(79)82-73-74(72-81-75(78)69-66-63-60-57-54-51-48-45-30-27-24-21-18-15-12-9-6-3)83-77(80)71-68-65-62-59-56-53-50-47-43-32-29-26-23-20-17-14-11-8-5-2/h8,11,17,20,22,25-26,29,31,33,35-36,43,47,53,56,62,65,74H,4-7,9-10,12-16,18-19,21,23-24,27-28,30,32,34,37-42,44-46,48-52,54-55,57-61,63-64,66-73H2,1-3H3/b11-8-,20-17-,25-22-,29-26-,33-31-,36-35-,47-43-,56-53-,65-62-. The molecular weight excluding hydrogens is 1020 g/mol. The van der Waals surface area contributed by atoms with E-state index in [0.717, 1.165) is 89.9 Å². The number of ether oxygens (including phenoxy) is 3. The van der Waals surface area contributed by atoms with E-state index in [1.54, 1.807) is 0 Å². The highest BCUT2D eigenvalue weighted by atomic mass is 16.6. The summed E-state index contributed by atoms with van der Waals surface area (Å²) in [6.07, 6.45) is 97.0. The minimum absolute atomic E-state index is 0.106. The summed E-state index contributed by atoms with van der Waals surface area (Å²) in [7, 11) is 0. The molecule has 0 rings (SSSR count). The van der Waals surface area contributed by atoms with Crippen molar-refractivity contribution in [1.29, 1.82) is 0 Å². The molecule has 6 heteroatoms. The minimum Gasteiger partial charge on any atom is -0.462 e. The first kappa shape index (κ1) is 79.1. The highest BCUT2D eigenvalue weighted by molar-refractivity contribution is 5.71. The Hall–Kier alpha value is -3.93. The molecule has 0 heterocycles. The van der Waals surface area contributed by atoms with Crippen LogP contribution in [0, 0.1) is 0 Å². The first-order valence-electron chi connectivity index (χ1n) is 35.4. The van der Waals surface area contributed by atoms with E-state index in [0.29, 0.717) is 19.3 Å². The molecule has 83 heavy (non-hydrogen) atoms. The monoisotopic (exact) mass is 1150 g/mol. The van der Waals surface area contributed by atoms with Crippen LogP contribution in [-0.4, -0.2) is 37.2 Å². The average molecular weight is 1150 g/mol. The van der Waals surface area contributed by atoms with E-state index in [2.05, 4.69) is 124 Å². The zero-order valence-corrected chi connectivity index (χ0v) is 54.7. The van der Waals surface area contributed by atoms with Crippen LogP contribution in [0.15, 0.2) is 109 Å². The number of rotatable bonds is 64. The second kappa shape index (κ2) is 70.6. The van der Waals surface area contributed by atoms with Crippen molar-refractivity contribution in [3.63, 3.8) is 0 Å². The predicted octanol–water partition coefficient (Wildman–Crippen LogP) is 24.6. The van der Waals surface area contributed by atoms with Crippen molar-refractivity contribution in [3.8, 4) is 0 Å². The topological polar surface area (TPSA) is 78.9 Å². The Morgan fingerprint density at radius 3 is 0.783 bits per heavy atom. The van der Waals surface area contributed by atoms with E-state index in [1.165, 1.54) is 205 Å². The first-order valence-corrected chi connectivity index (χ1v) is 35.4. The predicted molar refractivity (Wildman–Crippen MR) is 362 cm³/mol. The van der Waals surface area contributed by atoms with Gasteiger partial charge >= 0.3 is 17.9 Å². The largest absolute Gasteiger partial charge is 0.462 e. The van der Waals surface area contributed by atoms with Crippen LogP contribution in [0.3, 0.4) is 0 Å². The van der Waals surface area contributed by atoms with Crippen LogP contribution in [0.2, 0.25) is 0 Å². The molecule has 0 amide bonds. The van der Waals surface area contributed by atoms with Crippen LogP contribution in [0.5, 0.6) is 0 Å². The molecule has 0 aromatic heterocycles. The minimum atomic E-state index is -0.820. The summed E-state index contributed by atoms with van der Waals surface area (Å²) in [5.74, 6) is -0.976. The summed E-state index contributed by atoms with van der Waals surface area (Å²) in [5, 5.41) is 0. The van der Waals surface area contributed by atoms with Gasteiger partial charge < -0.3 is 14.2 Å². The molecular formula is C77H132O6. The van der Waals surface area contributed by atoms with Gasteiger partial charge in [0.25, 0.3) is 0 Å². The molecule has 0 aromatic carbocycles. The van der Waals surface area contributed by atoms with Crippen molar-refractivity contribution >= 4 is 17.9 Å². The molecule has 0 fully saturated rings. The number of unbranched alkanes of at least 4 members (excludes halogenated alkanes) is 35. The number of hydrogen-bond acceptors (Lipinski definition) is 6. The molecule has 0 saturated heterocycles. The lowest BCUT2D eigenvalue weighted by atomic mass is 10.0. The van der Waals surface area contributed by atoms with E-state index < -0.39 is 6.10 Å². The van der Waals surface area contributed by atoms with Crippen LogP contribution in [-0.2, 0) is 28.6 Å². The zero-order chi connectivity index (χ0) is 59.9. The maximum Gasteiger partial charge on any atom is 0.306 e. The molecule has 0 bridgehead atoms. The molecule has 476 valence electrons. The van der Waals surface area contributed by atoms with Gasteiger partial charge in [0, 0.05) is 19.3 Å². The summed E-state index contributed by atoms with van der Waals surface area (Å²) >= 11 is 0. The molecule has 0 aliphatic heterocycles. The van der Waals surface area contributed by atoms with Gasteiger partial charge in [0.05, 0.1) is 0 Å². The Balaban J connectivity index is 4.37. The number of allylic oxidation sites excluding steroid dienone is 18. The third-order valence-electron chi connectivity index (χ3n) is 15.3. The van der Waals surface area contributed by atoms with Gasteiger partial charge in [0.1, 0.15) is 13.2 Å². The van der Waals surface area contributed by atoms with Gasteiger partial charge in [-0.2, -0.15) is 0 Å². The van der Waals surface area contributed by atoms with Crippen molar-refractivity contribution < 1.29 is 28.6 Å². The number of hydrogen-bond donors (Lipinski definition) is 0. The van der Waals surface area contributed by atoms with Gasteiger partial charge in [-0.3, -0.25) is 14.4 Å². The summed E-state index contributed by atoms with van der Waals surface area (Å²) in [6.45, 7) is 6.50. The fourth-order valence-corrected chi connectivity index (χ4v) is 10.0. The van der Waals surface area contributed by atoms with Crippen molar-refractivity contribution in [2.75, 3.05) is 13.2 Å². The van der Waals surface area contributed by atoms with Crippen molar-refractivity contribution in [3.05, 3.63) is 109 Å². The molecule has 0 aliphatic carbocycles. The van der Waals surface area contributed by atoms with Crippen molar-refractivity contribution in [2.45, 2.75) is 348 Å². The maximum absolute atomic E-state index is 12.9. The van der Waals surface area contributed by atoms with Crippen molar-refractivity contribution in [2.24, 2.45) is 0 Å². The molecule has 1 atom stereocenters. The van der Waals surface area contributed by atoms with E-state index >= 15 is 0 Å². The highest BCUT2D eigenvalue weighted by Crippen LogP contribution is 2.17. The molecule has 0 saturated carbocycles. The Bertz CT molecular complexity index is 1660. The Kier molecular flexibility index (Phi) is 67.2. The van der Waals surface area contributed by atoms with Crippen LogP contribution >= 0.6 is 0 Å². The quantitative estimate of drug-likeness (QED) is 0.0261. The fourth-order valence-electron chi connectivity index (χ4n) is 10.0. The maximum atomic E-state index is 12.9. The highest BCUT2D eigenvalue weighted by Gasteiger charge is 2.19. The summed E-state index contributed by atoms with van der Waals surface area (Å²) in [4.78, 5) is 38.4. The Morgan fingerprint density at radius 2 is 0.494 bits per heavy atom. The summed E-state index contributed by atoms with van der Waals surface area (Å²) < 4.78 is 16.9. The van der Waals surface area contributed by atoms with Gasteiger partial charge in [0.2, 0.25) is 0 Å². The lowest BCUT2D eigenvalue weighted by molar-refractivity contribution is -0.166. The smallest absolute Gasteiger partial charge is 0.306 e. The Morgan fingerprint density at radius 1 is 0.253 bits per heavy atom. The molecule has 0 aliphatic rings. The van der Waals surface area contributed by atoms with Gasteiger partial charge in [-0.25, -0.2) is 0 Å². The second-order valence-corrected chi connectivity index (χ2v) is 23.4. The number of esters is 3. The number of carbonyl (C=O) groups is 3. The molecule has 0 aromatic rings. The lowest BCUT2D eigenvalue weighted by Gasteiger charge is -2.18. The number of carbonyl (C=O) groups excluding carboxylic acids is 3. The normalized spacial score (nSPS) is 12.8. The fraction of sp³-hybridized carbons (Fsp3) is 0.727. The zero-order valence-electron chi connectivity index (χ0n) is 54.7. The van der Waals surface area contributed by atoms with Crippen LogP contribution in [0.25, 0.3) is 0 Å². The van der Waals surface area contributed by atoms with Gasteiger partial charge in [-0.1, -0.05) is 336 Å². The summed E-state index contributed by atoms with van der Waals surface area (Å²) in [6, 6.07) is 0. The van der Waals surface area contributed by atoms with Gasteiger partial charge in [0.15, 0.2) is 6.10 Å². The second-order valence-electron chi connectivity index (χ2n) is 23.4. The van der Waals surface area contributed by atoms with Gasteiger partial charge in [-0.15, -0.1) is 0 Å². The SMILES string of the molecule is CC/C=C\C/C=C\C/C=C\C/C=C\C/C=C\C/C=C\CCC(=O)OC(COC(=O)CCCCCCCCCCCCCCCC/C=C\C/C=C\C/C=C\CCCCCCC)COC(=O)CCCCCCCCCCCCCCCCCCC. The summed E-state index contributed by atoms with van der Waals surface area (Å²) in [5.41, 5.74) is 0. The third-order valence-corrected chi connectivity index (χ3v) is 15.3. The van der Waals surface area contributed by atoms with Crippen molar-refractivity contribution in [1.82, 2.24) is 0 Å².